The summed E-state index contributed by atoms with van der Waals surface area (Å²) < 4.78 is 10.9. The monoisotopic (exact) mass is 502 g/mol. The van der Waals surface area contributed by atoms with E-state index in [1.807, 2.05) is 48.5 Å². The summed E-state index contributed by atoms with van der Waals surface area (Å²) in [4.78, 5) is 30.5. The quantitative estimate of drug-likeness (QED) is 0.239. The third-order valence-corrected chi connectivity index (χ3v) is 7.06. The van der Waals surface area contributed by atoms with Crippen molar-refractivity contribution in [2.24, 2.45) is 0 Å². The molecule has 7 heteroatoms. The van der Waals surface area contributed by atoms with Crippen LogP contribution in [0.1, 0.15) is 37.4 Å². The van der Waals surface area contributed by atoms with Gasteiger partial charge in [0.15, 0.2) is 0 Å². The molecule has 1 heterocycles. The molecule has 0 aromatic heterocycles. The first-order valence-corrected chi connectivity index (χ1v) is 12.6. The van der Waals surface area contributed by atoms with Crippen molar-refractivity contribution < 1.29 is 24.2 Å². The van der Waals surface area contributed by atoms with E-state index in [1.54, 1.807) is 31.3 Å². The number of carbonyl (C=O) groups excluding carboxylic acids is 2. The smallest absolute Gasteiger partial charge is 0.295 e. The number of hydrogen-bond donors (Lipinski definition) is 1. The van der Waals surface area contributed by atoms with Crippen LogP contribution in [0.2, 0.25) is 0 Å². The van der Waals surface area contributed by atoms with Crippen LogP contribution in [0, 0.1) is 0 Å². The van der Waals surface area contributed by atoms with E-state index in [0.717, 1.165) is 36.2 Å². The molecule has 0 radical (unpaired) electrons. The van der Waals surface area contributed by atoms with Crippen molar-refractivity contribution >= 4 is 28.2 Å². The van der Waals surface area contributed by atoms with Crippen molar-refractivity contribution in [3.05, 3.63) is 77.4 Å². The van der Waals surface area contributed by atoms with Gasteiger partial charge in [0.2, 0.25) is 0 Å². The number of fused-ring (bicyclic) bond motifs is 1. The van der Waals surface area contributed by atoms with Crippen LogP contribution in [0.4, 0.5) is 0 Å². The molecule has 7 nitrogen and oxygen atoms in total. The lowest BCUT2D eigenvalue weighted by Gasteiger charge is -2.27. The van der Waals surface area contributed by atoms with Crippen molar-refractivity contribution in [2.75, 3.05) is 40.4 Å². The number of carbonyl (C=O) groups is 2. The number of aliphatic hydroxyl groups excluding tert-OH is 1. The zero-order chi connectivity index (χ0) is 26.5. The number of nitrogens with zero attached hydrogens (tertiary/aromatic N) is 2. The Morgan fingerprint density at radius 1 is 0.946 bits per heavy atom. The molecular formula is C30H34N2O5. The first-order chi connectivity index (χ1) is 17.9. The zero-order valence-electron chi connectivity index (χ0n) is 21.9. The van der Waals surface area contributed by atoms with Crippen LogP contribution in [-0.2, 0) is 9.59 Å². The van der Waals surface area contributed by atoms with Crippen LogP contribution in [0.5, 0.6) is 11.5 Å². The molecule has 1 unspecified atom stereocenters. The van der Waals surface area contributed by atoms with E-state index in [0.29, 0.717) is 29.8 Å². The van der Waals surface area contributed by atoms with Crippen LogP contribution in [0.25, 0.3) is 16.5 Å². The second-order valence-electron chi connectivity index (χ2n) is 9.04. The lowest BCUT2D eigenvalue weighted by atomic mass is 9.94. The zero-order valence-corrected chi connectivity index (χ0v) is 21.9. The molecule has 1 amide bonds. The maximum Gasteiger partial charge on any atom is 0.295 e. The number of aliphatic hydroxyl groups is 1. The maximum atomic E-state index is 13.4. The third kappa shape index (κ3) is 5.18. The topological polar surface area (TPSA) is 79.3 Å². The summed E-state index contributed by atoms with van der Waals surface area (Å²) in [7, 11) is 3.17. The second kappa shape index (κ2) is 11.5. The largest absolute Gasteiger partial charge is 0.507 e. The molecule has 1 saturated heterocycles. The molecule has 0 saturated carbocycles. The molecule has 37 heavy (non-hydrogen) atoms. The summed E-state index contributed by atoms with van der Waals surface area (Å²) in [6, 6.07) is 17.7. The fourth-order valence-corrected chi connectivity index (χ4v) is 4.98. The van der Waals surface area contributed by atoms with Crippen LogP contribution in [-0.4, -0.2) is 67.0 Å². The lowest BCUT2D eigenvalue weighted by molar-refractivity contribution is -0.140. The minimum Gasteiger partial charge on any atom is -0.507 e. The van der Waals surface area contributed by atoms with Gasteiger partial charge in [0.1, 0.15) is 17.3 Å². The number of likely N-dealkylation sites (tertiary alicyclic amines) is 1. The van der Waals surface area contributed by atoms with E-state index >= 15 is 0 Å². The highest BCUT2D eigenvalue weighted by molar-refractivity contribution is 6.46. The molecule has 194 valence electrons. The molecule has 3 aromatic rings. The number of amides is 1. The Morgan fingerprint density at radius 2 is 1.65 bits per heavy atom. The summed E-state index contributed by atoms with van der Waals surface area (Å²) in [6.45, 7) is 7.23. The van der Waals surface area contributed by atoms with Gasteiger partial charge in [-0.05, 0) is 61.1 Å². The summed E-state index contributed by atoms with van der Waals surface area (Å²) in [5.74, 6) is -0.206. The summed E-state index contributed by atoms with van der Waals surface area (Å²) in [6.07, 6.45) is 0.707. The first-order valence-electron chi connectivity index (χ1n) is 12.6. The van der Waals surface area contributed by atoms with E-state index in [2.05, 4.69) is 18.7 Å². The molecule has 4 rings (SSSR count). The molecule has 0 spiro atoms. The average Bonchev–Trinajstić information content (AvgIpc) is 3.19. The van der Waals surface area contributed by atoms with Crippen molar-refractivity contribution in [3.63, 3.8) is 0 Å². The molecule has 3 aromatic carbocycles. The van der Waals surface area contributed by atoms with Gasteiger partial charge in [-0.15, -0.1) is 0 Å². The minimum atomic E-state index is -0.751. The van der Waals surface area contributed by atoms with Crippen LogP contribution >= 0.6 is 0 Å². The Labute approximate surface area is 217 Å². The standard InChI is InChI=1S/C30H34N2O5/c1-5-31(6-2)16-9-17-32-27(24-10-7-8-11-25(24)37-4)26(29(34)30(32)35)28(33)22-13-12-21-19-23(36-3)15-14-20(21)18-22/h7-8,10-15,18-19,27,33H,5-6,9,16-17H2,1-4H3/b28-26+. The van der Waals surface area contributed by atoms with Crippen molar-refractivity contribution in [3.8, 4) is 11.5 Å². The van der Waals surface area contributed by atoms with Gasteiger partial charge in [-0.1, -0.05) is 50.2 Å². The van der Waals surface area contributed by atoms with E-state index in [1.165, 1.54) is 0 Å². The van der Waals surface area contributed by atoms with Crippen molar-refractivity contribution in [1.82, 2.24) is 9.80 Å². The fourth-order valence-electron chi connectivity index (χ4n) is 4.98. The molecular weight excluding hydrogens is 468 g/mol. The molecule has 1 fully saturated rings. The Bertz CT molecular complexity index is 1330. The SMILES string of the molecule is CCN(CC)CCCN1C(=O)C(=O)/C(=C(/O)c2ccc3cc(OC)ccc3c2)C1c1ccccc1OC. The number of para-hydroxylation sites is 1. The lowest BCUT2D eigenvalue weighted by Crippen LogP contribution is -2.33. The number of ketones is 1. The molecule has 1 N–H and O–H groups in total. The van der Waals surface area contributed by atoms with Gasteiger partial charge >= 0.3 is 0 Å². The highest BCUT2D eigenvalue weighted by Crippen LogP contribution is 2.43. The molecule has 1 aliphatic rings. The van der Waals surface area contributed by atoms with Gasteiger partial charge in [-0.25, -0.2) is 0 Å². The second-order valence-corrected chi connectivity index (χ2v) is 9.04. The van der Waals surface area contributed by atoms with E-state index in [9.17, 15) is 14.7 Å². The molecule has 0 bridgehead atoms. The summed E-state index contributed by atoms with van der Waals surface area (Å²) >= 11 is 0. The van der Waals surface area contributed by atoms with Crippen molar-refractivity contribution in [2.45, 2.75) is 26.3 Å². The van der Waals surface area contributed by atoms with Gasteiger partial charge in [0.25, 0.3) is 11.7 Å². The number of methoxy groups -OCH3 is 2. The van der Waals surface area contributed by atoms with Crippen LogP contribution in [0.15, 0.2) is 66.2 Å². The maximum absolute atomic E-state index is 13.4. The van der Waals surface area contributed by atoms with E-state index in [4.69, 9.17) is 9.47 Å². The number of ether oxygens (including phenoxy) is 2. The Kier molecular flexibility index (Phi) is 8.14. The van der Waals surface area contributed by atoms with Crippen LogP contribution in [0.3, 0.4) is 0 Å². The first kappa shape index (κ1) is 26.2. The third-order valence-electron chi connectivity index (χ3n) is 7.06. The Hall–Kier alpha value is -3.84. The van der Waals surface area contributed by atoms with Gasteiger partial charge < -0.3 is 24.4 Å². The van der Waals surface area contributed by atoms with Crippen molar-refractivity contribution in [1.29, 1.82) is 0 Å². The molecule has 0 aliphatic carbocycles. The number of Topliss-reactive ketones (excluding diaryl/α,β-unsaturated/α-hetero) is 1. The average molecular weight is 503 g/mol. The van der Waals surface area contributed by atoms with E-state index < -0.39 is 17.7 Å². The predicted octanol–water partition coefficient (Wildman–Crippen LogP) is 5.01. The van der Waals surface area contributed by atoms with E-state index in [-0.39, 0.29) is 11.3 Å². The number of rotatable bonds is 10. The van der Waals surface area contributed by atoms with Gasteiger partial charge in [0.05, 0.1) is 25.8 Å². The summed E-state index contributed by atoms with van der Waals surface area (Å²) in [5.41, 5.74) is 1.21. The van der Waals surface area contributed by atoms with Gasteiger partial charge in [-0.3, -0.25) is 9.59 Å². The predicted molar refractivity (Wildman–Crippen MR) is 145 cm³/mol. The van der Waals surface area contributed by atoms with Crippen LogP contribution < -0.4 is 9.47 Å². The normalized spacial score (nSPS) is 17.1. The Balaban J connectivity index is 1.80. The number of hydrogen-bond acceptors (Lipinski definition) is 6. The van der Waals surface area contributed by atoms with Gasteiger partial charge in [-0.2, -0.15) is 0 Å². The Morgan fingerprint density at radius 3 is 2.35 bits per heavy atom. The van der Waals surface area contributed by atoms with Gasteiger partial charge in [0, 0.05) is 17.7 Å². The molecule has 1 aliphatic heterocycles. The molecule has 1 atom stereocenters. The summed E-state index contributed by atoms with van der Waals surface area (Å²) in [5, 5.41) is 13.3. The number of benzene rings is 3. The highest BCUT2D eigenvalue weighted by atomic mass is 16.5. The minimum absolute atomic E-state index is 0.0743. The fraction of sp³-hybridized carbons (Fsp3) is 0.333. The highest BCUT2D eigenvalue weighted by Gasteiger charge is 2.46.